The smallest absolute Gasteiger partial charge is 0.0701 e. The van der Waals surface area contributed by atoms with Crippen molar-refractivity contribution in [3.8, 4) is 0 Å². The second-order valence-electron chi connectivity index (χ2n) is 3.67. The molecule has 0 aromatic carbocycles. The van der Waals surface area contributed by atoms with Crippen molar-refractivity contribution in [3.63, 3.8) is 0 Å². The minimum atomic E-state index is 0.232. The molecule has 0 amide bonds. The normalized spacial score (nSPS) is 28.5. The molecule has 1 heterocycles. The summed E-state index contributed by atoms with van der Waals surface area (Å²) in [6, 6.07) is 0. The van der Waals surface area contributed by atoms with Crippen LogP contribution in [-0.2, 0) is 4.74 Å². The summed E-state index contributed by atoms with van der Waals surface area (Å²) >= 11 is 0. The summed E-state index contributed by atoms with van der Waals surface area (Å²) in [5, 5.41) is 8.59. The van der Waals surface area contributed by atoms with Crippen LogP contribution in [0.2, 0.25) is 0 Å². The predicted octanol–water partition coefficient (Wildman–Crippen LogP) is 2.11. The molecule has 1 saturated heterocycles. The highest BCUT2D eigenvalue weighted by Crippen LogP contribution is 2.34. The fourth-order valence-electron chi connectivity index (χ4n) is 1.78. The van der Waals surface area contributed by atoms with E-state index in [1.165, 1.54) is 19.3 Å². The van der Waals surface area contributed by atoms with Crippen LogP contribution >= 0.6 is 0 Å². The molecular formula is C10H20O2. The maximum atomic E-state index is 8.59. The third-order valence-corrected chi connectivity index (χ3v) is 2.90. The van der Waals surface area contributed by atoms with Crippen LogP contribution in [-0.4, -0.2) is 23.9 Å². The van der Waals surface area contributed by atoms with Gasteiger partial charge in [-0.05, 0) is 25.7 Å². The molecule has 2 heteroatoms. The zero-order valence-corrected chi connectivity index (χ0v) is 8.01. The molecule has 1 aliphatic heterocycles. The average molecular weight is 172 g/mol. The van der Waals surface area contributed by atoms with Crippen molar-refractivity contribution in [1.29, 1.82) is 0 Å². The highest BCUT2D eigenvalue weighted by molar-refractivity contribution is 4.85. The van der Waals surface area contributed by atoms with Crippen LogP contribution in [0.5, 0.6) is 0 Å². The molecule has 72 valence electrons. The summed E-state index contributed by atoms with van der Waals surface area (Å²) in [6.07, 6.45) is 6.86. The lowest BCUT2D eigenvalue weighted by molar-refractivity contribution is -0.154. The first-order valence-electron chi connectivity index (χ1n) is 5.08. The van der Waals surface area contributed by atoms with Gasteiger partial charge in [0.1, 0.15) is 0 Å². The first-order chi connectivity index (χ1) is 5.83. The highest BCUT2D eigenvalue weighted by atomic mass is 16.5. The Bertz CT molecular complexity index is 113. The molecule has 0 bridgehead atoms. The largest absolute Gasteiger partial charge is 0.396 e. The Labute approximate surface area is 74.9 Å². The maximum Gasteiger partial charge on any atom is 0.0701 e. The van der Waals surface area contributed by atoms with Gasteiger partial charge in [-0.2, -0.15) is 0 Å². The van der Waals surface area contributed by atoms with Crippen molar-refractivity contribution in [3.05, 3.63) is 0 Å². The summed E-state index contributed by atoms with van der Waals surface area (Å²) in [6.45, 7) is 3.49. The molecule has 2 nitrogen and oxygen atoms in total. The Balaban J connectivity index is 2.04. The van der Waals surface area contributed by atoms with Gasteiger partial charge in [-0.1, -0.05) is 19.8 Å². The molecule has 0 saturated carbocycles. The summed E-state index contributed by atoms with van der Waals surface area (Å²) < 4.78 is 5.59. The number of unbranched alkanes of at least 4 members (excludes halogenated alkanes) is 2. The fraction of sp³-hybridized carbons (Fsp3) is 1.00. The zero-order valence-electron chi connectivity index (χ0n) is 8.01. The van der Waals surface area contributed by atoms with Crippen LogP contribution in [0.15, 0.2) is 0 Å². The molecular weight excluding hydrogens is 152 g/mol. The van der Waals surface area contributed by atoms with E-state index in [9.17, 15) is 0 Å². The fourth-order valence-corrected chi connectivity index (χ4v) is 1.78. The van der Waals surface area contributed by atoms with Gasteiger partial charge < -0.3 is 9.84 Å². The molecule has 0 radical (unpaired) electrons. The average Bonchev–Trinajstić information content (AvgIpc) is 2.02. The summed E-state index contributed by atoms with van der Waals surface area (Å²) in [5.74, 6) is 0. The van der Waals surface area contributed by atoms with Crippen molar-refractivity contribution >= 4 is 0 Å². The van der Waals surface area contributed by atoms with Gasteiger partial charge in [0.25, 0.3) is 0 Å². The van der Waals surface area contributed by atoms with Crippen LogP contribution in [0, 0.1) is 0 Å². The number of aliphatic hydroxyl groups excluding tert-OH is 1. The van der Waals surface area contributed by atoms with E-state index in [1.807, 2.05) is 0 Å². The quantitative estimate of drug-likeness (QED) is 0.622. The van der Waals surface area contributed by atoms with Gasteiger partial charge in [0.15, 0.2) is 0 Å². The number of rotatable bonds is 6. The van der Waals surface area contributed by atoms with Crippen molar-refractivity contribution in [1.82, 2.24) is 0 Å². The van der Waals surface area contributed by atoms with E-state index < -0.39 is 0 Å². The number of ether oxygens (including phenoxy) is 1. The lowest BCUT2D eigenvalue weighted by atomic mass is 9.86. The van der Waals surface area contributed by atoms with Gasteiger partial charge in [-0.3, -0.25) is 0 Å². The van der Waals surface area contributed by atoms with Gasteiger partial charge in [0.2, 0.25) is 0 Å². The van der Waals surface area contributed by atoms with E-state index in [2.05, 4.69) is 6.92 Å². The van der Waals surface area contributed by atoms with E-state index in [1.54, 1.807) is 0 Å². The van der Waals surface area contributed by atoms with Crippen LogP contribution < -0.4 is 0 Å². The zero-order chi connectivity index (χ0) is 8.86. The van der Waals surface area contributed by atoms with E-state index in [0.29, 0.717) is 6.61 Å². The first-order valence-corrected chi connectivity index (χ1v) is 5.08. The Morgan fingerprint density at radius 1 is 1.33 bits per heavy atom. The molecule has 0 aromatic heterocycles. The maximum absolute atomic E-state index is 8.59. The molecule has 1 fully saturated rings. The lowest BCUT2D eigenvalue weighted by Crippen LogP contribution is -2.42. The van der Waals surface area contributed by atoms with E-state index in [4.69, 9.17) is 9.84 Å². The van der Waals surface area contributed by atoms with Crippen molar-refractivity contribution < 1.29 is 9.84 Å². The Hall–Kier alpha value is -0.0800. The Morgan fingerprint density at radius 2 is 2.08 bits per heavy atom. The monoisotopic (exact) mass is 172 g/mol. The van der Waals surface area contributed by atoms with E-state index in [-0.39, 0.29) is 5.60 Å². The third kappa shape index (κ3) is 2.46. The highest BCUT2D eigenvalue weighted by Gasteiger charge is 2.35. The molecule has 0 spiro atoms. The first kappa shape index (κ1) is 10.0. The summed E-state index contributed by atoms with van der Waals surface area (Å²) in [4.78, 5) is 0. The number of hydrogen-bond acceptors (Lipinski definition) is 2. The molecule has 1 rings (SSSR count). The van der Waals surface area contributed by atoms with Crippen LogP contribution in [0.25, 0.3) is 0 Å². The molecule has 1 aliphatic rings. The van der Waals surface area contributed by atoms with Crippen molar-refractivity contribution in [2.24, 2.45) is 0 Å². The van der Waals surface area contributed by atoms with Gasteiger partial charge >= 0.3 is 0 Å². The van der Waals surface area contributed by atoms with Gasteiger partial charge in [0.05, 0.1) is 12.2 Å². The molecule has 1 unspecified atom stereocenters. The summed E-state index contributed by atoms with van der Waals surface area (Å²) in [5.41, 5.74) is 0.232. The van der Waals surface area contributed by atoms with Crippen LogP contribution in [0.1, 0.15) is 45.4 Å². The lowest BCUT2D eigenvalue weighted by Gasteiger charge is -2.41. The molecule has 1 N–H and O–H groups in total. The van der Waals surface area contributed by atoms with Gasteiger partial charge in [-0.25, -0.2) is 0 Å². The molecule has 12 heavy (non-hydrogen) atoms. The standard InChI is InChI=1S/C10H20O2/c1-2-10(7-9-12-10)6-4-3-5-8-11/h11H,2-9H2,1H3. The second kappa shape index (κ2) is 4.83. The van der Waals surface area contributed by atoms with E-state index in [0.717, 1.165) is 25.9 Å². The van der Waals surface area contributed by atoms with Crippen LogP contribution in [0.4, 0.5) is 0 Å². The topological polar surface area (TPSA) is 29.5 Å². The second-order valence-corrected chi connectivity index (χ2v) is 3.67. The minimum Gasteiger partial charge on any atom is -0.396 e. The van der Waals surface area contributed by atoms with Crippen molar-refractivity contribution in [2.45, 2.75) is 51.0 Å². The Morgan fingerprint density at radius 3 is 2.50 bits per heavy atom. The molecule has 0 aromatic rings. The SMILES string of the molecule is CCC1(CCCCCO)CCO1. The third-order valence-electron chi connectivity index (χ3n) is 2.90. The predicted molar refractivity (Wildman–Crippen MR) is 49.1 cm³/mol. The van der Waals surface area contributed by atoms with Gasteiger partial charge in [0, 0.05) is 6.61 Å². The van der Waals surface area contributed by atoms with Crippen molar-refractivity contribution in [2.75, 3.05) is 13.2 Å². The van der Waals surface area contributed by atoms with Crippen LogP contribution in [0.3, 0.4) is 0 Å². The summed E-state index contributed by atoms with van der Waals surface area (Å²) in [7, 11) is 0. The number of aliphatic hydroxyl groups is 1. The Kier molecular flexibility index (Phi) is 4.02. The van der Waals surface area contributed by atoms with E-state index >= 15 is 0 Å². The minimum absolute atomic E-state index is 0.232. The molecule has 1 atom stereocenters. The molecule has 0 aliphatic carbocycles. The number of hydrogen-bond donors (Lipinski definition) is 1. The van der Waals surface area contributed by atoms with Gasteiger partial charge in [-0.15, -0.1) is 0 Å².